The number of hydrogen-bond donors (Lipinski definition) is 1. The highest BCUT2D eigenvalue weighted by Gasteiger charge is 2.53. The molecule has 1 aliphatic heterocycles. The van der Waals surface area contributed by atoms with Gasteiger partial charge in [-0.2, -0.15) is 0 Å². The summed E-state index contributed by atoms with van der Waals surface area (Å²) in [5.74, 6) is -0.415. The van der Waals surface area contributed by atoms with E-state index in [4.69, 9.17) is 30.5 Å². The Bertz CT molecular complexity index is 1520. The fourth-order valence-electron chi connectivity index (χ4n) is 7.03. The van der Waals surface area contributed by atoms with Gasteiger partial charge in [0, 0.05) is 12.0 Å². The molecule has 5 rings (SSSR count). The van der Waals surface area contributed by atoms with Gasteiger partial charge in [0.1, 0.15) is 35.6 Å². The molecule has 12 heteroatoms. The summed E-state index contributed by atoms with van der Waals surface area (Å²) in [6.45, 7) is 13.0. The second kappa shape index (κ2) is 14.5. The monoisotopic (exact) mass is 684 g/mol. The molecule has 6 unspecified atom stereocenters. The van der Waals surface area contributed by atoms with E-state index in [2.05, 4.69) is 21.9 Å². The summed E-state index contributed by atoms with van der Waals surface area (Å²) >= 11 is 6.52. The molecule has 1 aromatic heterocycles. The Morgan fingerprint density at radius 3 is 2.56 bits per heavy atom. The van der Waals surface area contributed by atoms with Crippen molar-refractivity contribution >= 4 is 40.6 Å². The largest absolute Gasteiger partial charge is 0.497 e. The first-order valence-electron chi connectivity index (χ1n) is 17.0. The molecule has 6 atom stereocenters. The summed E-state index contributed by atoms with van der Waals surface area (Å²) in [7, 11) is 1.56. The number of alkyl carbamates (subject to hydrolysis) is 1. The number of benzene rings is 1. The van der Waals surface area contributed by atoms with Gasteiger partial charge in [0.15, 0.2) is 5.15 Å². The van der Waals surface area contributed by atoms with Crippen LogP contribution in [-0.2, 0) is 19.1 Å². The third kappa shape index (κ3) is 8.15. The van der Waals surface area contributed by atoms with E-state index in [1.165, 1.54) is 4.90 Å². The van der Waals surface area contributed by atoms with Gasteiger partial charge in [0.2, 0.25) is 5.91 Å². The van der Waals surface area contributed by atoms with E-state index in [0.29, 0.717) is 22.7 Å². The van der Waals surface area contributed by atoms with E-state index in [1.54, 1.807) is 46.1 Å². The number of rotatable bonds is 12. The van der Waals surface area contributed by atoms with Gasteiger partial charge in [-0.1, -0.05) is 44.4 Å². The highest BCUT2D eigenvalue weighted by molar-refractivity contribution is 6.31. The normalized spacial score (nSPS) is 25.3. The molecule has 0 bridgehead atoms. The number of methoxy groups -OCH3 is 1. The molecule has 3 aliphatic rings. The van der Waals surface area contributed by atoms with Crippen LogP contribution in [0.15, 0.2) is 30.9 Å². The van der Waals surface area contributed by atoms with E-state index in [0.717, 1.165) is 51.4 Å². The number of carbonyl (C=O) groups excluding carboxylic acids is 3. The summed E-state index contributed by atoms with van der Waals surface area (Å²) in [6.07, 6.45) is 7.54. The number of unbranched alkanes of at least 4 members (excludes halogenated alkanes) is 1. The van der Waals surface area contributed by atoms with Crippen molar-refractivity contribution in [3.05, 3.63) is 36.0 Å². The van der Waals surface area contributed by atoms with Crippen LogP contribution in [0.3, 0.4) is 0 Å². The molecule has 1 N–H and O–H groups in total. The smallest absolute Gasteiger partial charge is 0.408 e. The van der Waals surface area contributed by atoms with Crippen molar-refractivity contribution in [3.8, 4) is 11.6 Å². The van der Waals surface area contributed by atoms with Crippen molar-refractivity contribution in [3.63, 3.8) is 0 Å². The molecular weight excluding hydrogens is 636 g/mol. The van der Waals surface area contributed by atoms with Crippen LogP contribution < -0.4 is 14.8 Å². The number of esters is 1. The maximum atomic E-state index is 14.7. The topological polar surface area (TPSA) is 129 Å². The predicted molar refractivity (Wildman–Crippen MR) is 182 cm³/mol. The predicted octanol–water partition coefficient (Wildman–Crippen LogP) is 6.65. The van der Waals surface area contributed by atoms with Crippen LogP contribution in [0.25, 0.3) is 11.0 Å². The Morgan fingerprint density at radius 2 is 1.90 bits per heavy atom. The minimum absolute atomic E-state index is 0.0510. The zero-order valence-electron chi connectivity index (χ0n) is 28.9. The Morgan fingerprint density at radius 1 is 1.17 bits per heavy atom. The number of likely N-dealkylation sites (tertiary alicyclic amines) is 1. The van der Waals surface area contributed by atoms with Crippen LogP contribution >= 0.6 is 11.6 Å². The molecule has 2 heterocycles. The average molecular weight is 685 g/mol. The first kappa shape index (κ1) is 35.7. The Labute approximate surface area is 288 Å². The van der Waals surface area contributed by atoms with Crippen molar-refractivity contribution < 1.29 is 33.3 Å². The maximum Gasteiger partial charge on any atom is 0.408 e. The molecule has 0 spiro atoms. The summed E-state index contributed by atoms with van der Waals surface area (Å²) in [5, 5.41) is 3.00. The highest BCUT2D eigenvalue weighted by Crippen LogP contribution is 2.43. The Balaban J connectivity index is 1.40. The van der Waals surface area contributed by atoms with Gasteiger partial charge in [-0.15, -0.1) is 6.58 Å². The second-order valence-electron chi connectivity index (χ2n) is 14.8. The van der Waals surface area contributed by atoms with Crippen molar-refractivity contribution in [2.24, 2.45) is 17.3 Å². The van der Waals surface area contributed by atoms with E-state index in [9.17, 15) is 14.4 Å². The van der Waals surface area contributed by atoms with Crippen LogP contribution in [0.2, 0.25) is 5.15 Å². The van der Waals surface area contributed by atoms with Crippen LogP contribution in [-0.4, -0.2) is 76.4 Å². The third-order valence-electron chi connectivity index (χ3n) is 9.84. The highest BCUT2D eigenvalue weighted by atomic mass is 35.5. The molecule has 1 aromatic carbocycles. The number of nitrogens with zero attached hydrogens (tertiary/aromatic N) is 3. The lowest BCUT2D eigenvalue weighted by molar-refractivity contribution is -0.165. The van der Waals surface area contributed by atoms with Crippen molar-refractivity contribution in [1.29, 1.82) is 0 Å². The van der Waals surface area contributed by atoms with E-state index < -0.39 is 47.2 Å². The quantitative estimate of drug-likeness (QED) is 0.148. The molecule has 2 amide bonds. The van der Waals surface area contributed by atoms with Gasteiger partial charge >= 0.3 is 12.1 Å². The van der Waals surface area contributed by atoms with Gasteiger partial charge in [0.05, 0.1) is 24.7 Å². The minimum Gasteiger partial charge on any atom is -0.497 e. The number of allylic oxidation sites excluding steroid dienone is 1. The molecule has 1 saturated heterocycles. The number of carbonyl (C=O) groups is 3. The van der Waals surface area contributed by atoms with Gasteiger partial charge < -0.3 is 29.2 Å². The molecule has 2 saturated carbocycles. The van der Waals surface area contributed by atoms with Crippen LogP contribution in [0.5, 0.6) is 11.6 Å². The van der Waals surface area contributed by atoms with E-state index >= 15 is 0 Å². The summed E-state index contributed by atoms with van der Waals surface area (Å²) in [4.78, 5) is 52.3. The summed E-state index contributed by atoms with van der Waals surface area (Å²) < 4.78 is 23.3. The number of aromatic nitrogens is 2. The number of ether oxygens (including phenoxy) is 4. The lowest BCUT2D eigenvalue weighted by Gasteiger charge is -2.37. The van der Waals surface area contributed by atoms with Crippen molar-refractivity contribution in [2.45, 2.75) is 116 Å². The standard InChI is InChI=1S/C36H49ClN4O7/c1-8-9-10-13-22-18-26(22)47-34(44)40-29(36(6)16-11-12-17-36)32(42)41-20-27(21(2)28(41)33(43)48-35(3,4)5)46-31-30(37)38-24-15-14-23(45-7)19-25(24)39-31/h8,14-15,19,21-22,26-29H,1,9-13,16-18,20H2,2-7H3,(H,40,44). The van der Waals surface area contributed by atoms with E-state index in [1.807, 2.05) is 19.9 Å². The van der Waals surface area contributed by atoms with Crippen LogP contribution in [0, 0.1) is 17.3 Å². The number of nitrogens with one attached hydrogen (secondary N) is 1. The van der Waals surface area contributed by atoms with Gasteiger partial charge in [-0.3, -0.25) is 4.79 Å². The third-order valence-corrected chi connectivity index (χ3v) is 10.1. The Hall–Kier alpha value is -3.60. The molecular formula is C36H49ClN4O7. The lowest BCUT2D eigenvalue weighted by Crippen LogP contribution is -2.58. The SMILES string of the molecule is C=CCCCC1CC1OC(=O)NC(C(=O)N1CC(Oc2nc3cc(OC)ccc3nc2Cl)C(C)C1C(=O)OC(C)(C)C)C1(C)CCCC1. The molecule has 0 radical (unpaired) electrons. The Kier molecular flexibility index (Phi) is 10.8. The minimum atomic E-state index is -0.975. The lowest BCUT2D eigenvalue weighted by atomic mass is 9.79. The van der Waals surface area contributed by atoms with Crippen LogP contribution in [0.1, 0.15) is 86.0 Å². The molecule has 11 nitrogen and oxygen atoms in total. The molecule has 262 valence electrons. The van der Waals surface area contributed by atoms with Gasteiger partial charge in [-0.05, 0) is 82.8 Å². The first-order valence-corrected chi connectivity index (χ1v) is 17.4. The molecule has 48 heavy (non-hydrogen) atoms. The van der Waals surface area contributed by atoms with Crippen LogP contribution in [0.4, 0.5) is 4.79 Å². The van der Waals surface area contributed by atoms with Crippen molar-refractivity contribution in [2.75, 3.05) is 13.7 Å². The number of hydrogen-bond acceptors (Lipinski definition) is 9. The zero-order chi connectivity index (χ0) is 34.8. The fourth-order valence-corrected chi connectivity index (χ4v) is 7.21. The second-order valence-corrected chi connectivity index (χ2v) is 15.1. The average Bonchev–Trinajstić information content (AvgIpc) is 3.44. The molecule has 2 aliphatic carbocycles. The molecule has 3 fully saturated rings. The fraction of sp³-hybridized carbons (Fsp3) is 0.639. The zero-order valence-corrected chi connectivity index (χ0v) is 29.7. The number of halogens is 1. The van der Waals surface area contributed by atoms with E-state index in [-0.39, 0.29) is 29.6 Å². The van der Waals surface area contributed by atoms with Gasteiger partial charge in [-0.25, -0.2) is 19.6 Å². The van der Waals surface area contributed by atoms with Crippen molar-refractivity contribution in [1.82, 2.24) is 20.2 Å². The molecule has 2 aromatic rings. The summed E-state index contributed by atoms with van der Waals surface area (Å²) in [5.41, 5.74) is -0.222. The first-order chi connectivity index (χ1) is 22.7. The summed E-state index contributed by atoms with van der Waals surface area (Å²) in [6, 6.07) is 3.36. The number of amides is 2. The maximum absolute atomic E-state index is 14.7. The van der Waals surface area contributed by atoms with Gasteiger partial charge in [0.25, 0.3) is 5.88 Å². The number of fused-ring (bicyclic) bond motifs is 1.